The van der Waals surface area contributed by atoms with Crippen molar-refractivity contribution in [1.29, 1.82) is 0 Å². The molecule has 1 heterocycles. The Kier molecular flexibility index (Phi) is 4.77. The van der Waals surface area contributed by atoms with Crippen LogP contribution in [-0.4, -0.2) is 28.2 Å². The first-order valence-electron chi connectivity index (χ1n) is 7.41. The normalized spacial score (nSPS) is 10.8. The molecular weight excluding hydrogens is 320 g/mol. The molecule has 0 aliphatic rings. The van der Waals surface area contributed by atoms with Gasteiger partial charge in [-0.25, -0.2) is 15.9 Å². The largest absolute Gasteiger partial charge is 0.288 e. The number of carbonyl (C=O) groups is 2. The molecule has 0 saturated heterocycles. The Labute approximate surface area is 143 Å². The molecule has 7 nitrogen and oxygen atoms in total. The highest BCUT2D eigenvalue weighted by atomic mass is 16.5. The van der Waals surface area contributed by atoms with Crippen molar-refractivity contribution in [2.75, 3.05) is 0 Å². The molecule has 0 spiro atoms. The van der Waals surface area contributed by atoms with Crippen LogP contribution >= 0.6 is 0 Å². The number of fused-ring (bicyclic) bond motifs is 1. The van der Waals surface area contributed by atoms with Crippen molar-refractivity contribution in [2.24, 2.45) is 5.10 Å². The molecule has 2 aromatic carbocycles. The fourth-order valence-corrected chi connectivity index (χ4v) is 2.21. The minimum Gasteiger partial charge on any atom is -0.288 e. The fourth-order valence-electron chi connectivity index (χ4n) is 2.21. The third-order valence-corrected chi connectivity index (χ3v) is 3.49. The lowest BCUT2D eigenvalue weighted by molar-refractivity contribution is 0.0706. The van der Waals surface area contributed by atoms with Gasteiger partial charge in [-0.15, -0.1) is 0 Å². The van der Waals surface area contributed by atoms with E-state index >= 15 is 0 Å². The van der Waals surface area contributed by atoms with Crippen molar-refractivity contribution in [1.82, 2.24) is 15.9 Å². The van der Waals surface area contributed by atoms with Crippen LogP contribution in [0.3, 0.4) is 0 Å². The standard InChI is InChI=1S/C18H14N4O3/c23-17(13-5-7-14(8-6-13)18(24)22-25)21-19-11-15-10-9-12-3-1-2-4-16(12)20-15/h1-11,25H,(H,21,23)(H,22,24). The van der Waals surface area contributed by atoms with E-state index in [2.05, 4.69) is 15.5 Å². The molecule has 0 atom stereocenters. The average molecular weight is 334 g/mol. The maximum Gasteiger partial charge on any atom is 0.274 e. The molecule has 0 bridgehead atoms. The number of rotatable bonds is 4. The van der Waals surface area contributed by atoms with Crippen LogP contribution < -0.4 is 10.9 Å². The molecule has 0 saturated carbocycles. The number of para-hydroxylation sites is 1. The molecule has 124 valence electrons. The summed E-state index contributed by atoms with van der Waals surface area (Å²) in [6, 6.07) is 17.2. The molecule has 1 aromatic heterocycles. The van der Waals surface area contributed by atoms with Crippen LogP contribution in [0.25, 0.3) is 10.9 Å². The number of hydrazone groups is 1. The summed E-state index contributed by atoms with van der Waals surface area (Å²) in [7, 11) is 0. The van der Waals surface area contributed by atoms with Gasteiger partial charge in [0.15, 0.2) is 0 Å². The van der Waals surface area contributed by atoms with Gasteiger partial charge in [0, 0.05) is 16.5 Å². The summed E-state index contributed by atoms with van der Waals surface area (Å²) in [4.78, 5) is 27.6. The van der Waals surface area contributed by atoms with E-state index in [1.165, 1.54) is 36.0 Å². The zero-order chi connectivity index (χ0) is 17.6. The van der Waals surface area contributed by atoms with Crippen molar-refractivity contribution in [3.05, 3.63) is 77.5 Å². The zero-order valence-corrected chi connectivity index (χ0v) is 13.0. The Morgan fingerprint density at radius 3 is 2.32 bits per heavy atom. The van der Waals surface area contributed by atoms with E-state index < -0.39 is 11.8 Å². The number of nitrogens with one attached hydrogen (secondary N) is 2. The first-order chi connectivity index (χ1) is 12.2. The summed E-state index contributed by atoms with van der Waals surface area (Å²) in [5.41, 5.74) is 5.96. The number of carbonyl (C=O) groups excluding carboxylic acids is 2. The van der Waals surface area contributed by atoms with Gasteiger partial charge in [0.05, 0.1) is 17.4 Å². The lowest BCUT2D eigenvalue weighted by atomic mass is 10.1. The minimum atomic E-state index is -0.646. The quantitative estimate of drug-likeness (QED) is 0.386. The fraction of sp³-hybridized carbons (Fsp3) is 0. The van der Waals surface area contributed by atoms with Crippen LogP contribution in [0.1, 0.15) is 26.4 Å². The highest BCUT2D eigenvalue weighted by Crippen LogP contribution is 2.10. The number of hydrogen-bond acceptors (Lipinski definition) is 5. The van der Waals surface area contributed by atoms with Crippen molar-refractivity contribution < 1.29 is 14.8 Å². The van der Waals surface area contributed by atoms with Crippen LogP contribution in [-0.2, 0) is 0 Å². The number of hydrogen-bond donors (Lipinski definition) is 3. The molecule has 3 N–H and O–H groups in total. The molecule has 7 heteroatoms. The van der Waals surface area contributed by atoms with Crippen molar-refractivity contribution >= 4 is 28.9 Å². The van der Waals surface area contributed by atoms with Gasteiger partial charge in [0.1, 0.15) is 0 Å². The number of benzene rings is 2. The van der Waals surface area contributed by atoms with Gasteiger partial charge in [0.25, 0.3) is 11.8 Å². The smallest absolute Gasteiger partial charge is 0.274 e. The van der Waals surface area contributed by atoms with Gasteiger partial charge in [-0.1, -0.05) is 24.3 Å². The number of hydroxylamine groups is 1. The van der Waals surface area contributed by atoms with Crippen molar-refractivity contribution in [3.8, 4) is 0 Å². The molecule has 25 heavy (non-hydrogen) atoms. The summed E-state index contributed by atoms with van der Waals surface area (Å²) in [5, 5.41) is 13.5. The maximum atomic E-state index is 12.0. The van der Waals surface area contributed by atoms with Gasteiger partial charge in [-0.2, -0.15) is 5.10 Å². The van der Waals surface area contributed by atoms with E-state index in [0.29, 0.717) is 11.3 Å². The predicted molar refractivity (Wildman–Crippen MR) is 92.5 cm³/mol. The summed E-state index contributed by atoms with van der Waals surface area (Å²) < 4.78 is 0. The molecule has 2 amide bonds. The lowest BCUT2D eigenvalue weighted by Gasteiger charge is -2.02. The third-order valence-electron chi connectivity index (χ3n) is 3.49. The SMILES string of the molecule is O=C(NO)c1ccc(C(=O)NN=Cc2ccc3ccccc3n2)cc1. The van der Waals surface area contributed by atoms with Gasteiger partial charge in [-0.05, 0) is 36.4 Å². The van der Waals surface area contributed by atoms with E-state index in [0.717, 1.165) is 10.9 Å². The van der Waals surface area contributed by atoms with Gasteiger partial charge >= 0.3 is 0 Å². The van der Waals surface area contributed by atoms with E-state index in [9.17, 15) is 9.59 Å². The second-order valence-corrected chi connectivity index (χ2v) is 5.15. The predicted octanol–water partition coefficient (Wildman–Crippen LogP) is 2.12. The topological polar surface area (TPSA) is 104 Å². The highest BCUT2D eigenvalue weighted by Gasteiger charge is 2.07. The Balaban J connectivity index is 1.66. The van der Waals surface area contributed by atoms with E-state index in [4.69, 9.17) is 5.21 Å². The van der Waals surface area contributed by atoms with Crippen LogP contribution in [0.5, 0.6) is 0 Å². The molecule has 3 aromatic rings. The van der Waals surface area contributed by atoms with Crippen LogP contribution in [0.4, 0.5) is 0 Å². The first-order valence-corrected chi connectivity index (χ1v) is 7.41. The van der Waals surface area contributed by atoms with E-state index in [-0.39, 0.29) is 5.56 Å². The third kappa shape index (κ3) is 3.85. The number of nitrogens with zero attached hydrogens (tertiary/aromatic N) is 2. The Morgan fingerprint density at radius 1 is 0.920 bits per heavy atom. The van der Waals surface area contributed by atoms with Gasteiger partial charge in [0.2, 0.25) is 0 Å². The summed E-state index contributed by atoms with van der Waals surface area (Å²) in [6.07, 6.45) is 1.46. The highest BCUT2D eigenvalue weighted by molar-refractivity contribution is 5.97. The summed E-state index contributed by atoms with van der Waals surface area (Å²) in [5.74, 6) is -1.07. The van der Waals surface area contributed by atoms with Crippen LogP contribution in [0, 0.1) is 0 Å². The molecule has 0 fully saturated rings. The molecule has 0 aliphatic carbocycles. The average Bonchev–Trinajstić information content (AvgIpc) is 2.67. The van der Waals surface area contributed by atoms with E-state index in [1.54, 1.807) is 6.07 Å². The number of aromatic nitrogens is 1. The Bertz CT molecular complexity index is 952. The van der Waals surface area contributed by atoms with Crippen LogP contribution in [0.2, 0.25) is 0 Å². The monoisotopic (exact) mass is 334 g/mol. The zero-order valence-electron chi connectivity index (χ0n) is 13.0. The second-order valence-electron chi connectivity index (χ2n) is 5.15. The summed E-state index contributed by atoms with van der Waals surface area (Å²) >= 11 is 0. The Morgan fingerprint density at radius 2 is 1.60 bits per heavy atom. The summed E-state index contributed by atoms with van der Waals surface area (Å²) in [6.45, 7) is 0. The van der Waals surface area contributed by atoms with Gasteiger partial charge in [-0.3, -0.25) is 14.8 Å². The molecular formula is C18H14N4O3. The number of pyridine rings is 1. The molecule has 0 unspecified atom stereocenters. The number of amides is 2. The van der Waals surface area contributed by atoms with Crippen molar-refractivity contribution in [3.63, 3.8) is 0 Å². The second kappa shape index (κ2) is 7.33. The van der Waals surface area contributed by atoms with Crippen LogP contribution in [0.15, 0.2) is 65.8 Å². The maximum absolute atomic E-state index is 12.0. The molecule has 0 aliphatic heterocycles. The molecule has 0 radical (unpaired) electrons. The first kappa shape index (κ1) is 16.3. The van der Waals surface area contributed by atoms with E-state index in [1.807, 2.05) is 30.3 Å². The van der Waals surface area contributed by atoms with Gasteiger partial charge < -0.3 is 0 Å². The Hall–Kier alpha value is -3.58. The minimum absolute atomic E-state index is 0.239. The lowest BCUT2D eigenvalue weighted by Crippen LogP contribution is -2.20. The molecule has 3 rings (SSSR count). The van der Waals surface area contributed by atoms with Crippen molar-refractivity contribution in [2.45, 2.75) is 0 Å².